The number of amides is 1. The summed E-state index contributed by atoms with van der Waals surface area (Å²) in [6, 6.07) is 3.33. The van der Waals surface area contributed by atoms with Crippen molar-refractivity contribution in [2.24, 2.45) is 0 Å². The number of hydrogen-bond donors (Lipinski definition) is 2. The molecule has 0 bridgehead atoms. The molecule has 0 spiro atoms. The molecule has 1 amide bonds. The van der Waals surface area contributed by atoms with Gasteiger partial charge in [-0.25, -0.2) is 4.98 Å². The van der Waals surface area contributed by atoms with Gasteiger partial charge in [-0.05, 0) is 31.4 Å². The van der Waals surface area contributed by atoms with Gasteiger partial charge in [-0.3, -0.25) is 4.79 Å². The number of hydrogen-bond acceptors (Lipinski definition) is 4. The third-order valence-electron chi connectivity index (χ3n) is 3.12. The predicted octanol–water partition coefficient (Wildman–Crippen LogP) is 0.961. The number of anilines is 1. The summed E-state index contributed by atoms with van der Waals surface area (Å²) in [4.78, 5) is 15.8. The second kappa shape index (κ2) is 5.14. The maximum atomic E-state index is 12.0. The van der Waals surface area contributed by atoms with Crippen LogP contribution in [0.15, 0.2) is 18.3 Å². The Balaban J connectivity index is 2.01. The van der Waals surface area contributed by atoms with Crippen LogP contribution in [0.2, 0.25) is 0 Å². The zero-order valence-electron chi connectivity index (χ0n) is 9.85. The molecule has 2 rings (SSSR count). The van der Waals surface area contributed by atoms with Crippen molar-refractivity contribution in [3.8, 4) is 0 Å². The van der Waals surface area contributed by atoms with Gasteiger partial charge < -0.3 is 15.8 Å². The lowest BCUT2D eigenvalue weighted by molar-refractivity contribution is 0.0722. The van der Waals surface area contributed by atoms with Crippen molar-refractivity contribution in [2.75, 3.05) is 12.8 Å². The summed E-state index contributed by atoms with van der Waals surface area (Å²) >= 11 is 0. The average molecular weight is 235 g/mol. The maximum absolute atomic E-state index is 12.0. The van der Waals surface area contributed by atoms with Crippen molar-refractivity contribution >= 4 is 11.7 Å². The largest absolute Gasteiger partial charge is 0.384 e. The zero-order valence-corrected chi connectivity index (χ0v) is 9.85. The quantitative estimate of drug-likeness (QED) is 0.818. The molecule has 1 saturated carbocycles. The Morgan fingerprint density at radius 3 is 3.12 bits per heavy atom. The van der Waals surface area contributed by atoms with Crippen LogP contribution in [0.5, 0.6) is 0 Å². The molecule has 1 fully saturated rings. The minimum Gasteiger partial charge on any atom is -0.384 e. The van der Waals surface area contributed by atoms with Crippen LogP contribution in [0, 0.1) is 0 Å². The highest BCUT2D eigenvalue weighted by Gasteiger charge is 2.28. The van der Waals surface area contributed by atoms with Gasteiger partial charge in [0.2, 0.25) is 0 Å². The Morgan fingerprint density at radius 1 is 1.59 bits per heavy atom. The van der Waals surface area contributed by atoms with E-state index in [-0.39, 0.29) is 18.1 Å². The van der Waals surface area contributed by atoms with Crippen LogP contribution in [0.1, 0.15) is 29.6 Å². The number of nitrogen functional groups attached to an aromatic ring is 1. The monoisotopic (exact) mass is 235 g/mol. The zero-order chi connectivity index (χ0) is 12.3. The lowest BCUT2D eigenvalue weighted by Crippen LogP contribution is -2.40. The van der Waals surface area contributed by atoms with Gasteiger partial charge in [-0.2, -0.15) is 0 Å². The van der Waals surface area contributed by atoms with Crippen LogP contribution in [0.4, 0.5) is 5.82 Å². The number of aromatic nitrogens is 1. The molecule has 1 aromatic rings. The second-order valence-electron chi connectivity index (χ2n) is 4.25. The Labute approximate surface area is 100 Å². The van der Waals surface area contributed by atoms with Crippen LogP contribution in [0.3, 0.4) is 0 Å². The second-order valence-corrected chi connectivity index (χ2v) is 4.25. The lowest BCUT2D eigenvalue weighted by atomic mass is 10.2. The molecule has 5 heteroatoms. The smallest absolute Gasteiger partial charge is 0.251 e. The Morgan fingerprint density at radius 2 is 2.41 bits per heavy atom. The van der Waals surface area contributed by atoms with E-state index in [1.165, 1.54) is 6.20 Å². The van der Waals surface area contributed by atoms with E-state index >= 15 is 0 Å². The van der Waals surface area contributed by atoms with Gasteiger partial charge >= 0.3 is 0 Å². The molecule has 2 atom stereocenters. The fourth-order valence-electron chi connectivity index (χ4n) is 2.21. The van der Waals surface area contributed by atoms with E-state index in [1.807, 2.05) is 0 Å². The van der Waals surface area contributed by atoms with Crippen molar-refractivity contribution < 1.29 is 9.53 Å². The van der Waals surface area contributed by atoms with E-state index in [9.17, 15) is 4.79 Å². The van der Waals surface area contributed by atoms with Gasteiger partial charge in [0.05, 0.1) is 12.1 Å². The number of nitrogens with two attached hydrogens (primary N) is 1. The van der Waals surface area contributed by atoms with Gasteiger partial charge in [0.25, 0.3) is 5.91 Å². The number of nitrogens with zero attached hydrogens (tertiary/aromatic N) is 1. The molecule has 0 aromatic carbocycles. The topological polar surface area (TPSA) is 77.2 Å². The van der Waals surface area contributed by atoms with Crippen molar-refractivity contribution in [2.45, 2.75) is 31.4 Å². The first kappa shape index (κ1) is 11.9. The molecule has 1 aromatic heterocycles. The number of pyridine rings is 1. The van der Waals surface area contributed by atoms with Crippen molar-refractivity contribution in [3.63, 3.8) is 0 Å². The third-order valence-corrected chi connectivity index (χ3v) is 3.12. The molecular weight excluding hydrogens is 218 g/mol. The van der Waals surface area contributed by atoms with Crippen molar-refractivity contribution in [3.05, 3.63) is 23.9 Å². The normalized spacial score (nSPS) is 23.6. The number of nitrogens with one attached hydrogen (secondary N) is 1. The first-order valence-corrected chi connectivity index (χ1v) is 5.76. The highest BCUT2D eigenvalue weighted by molar-refractivity contribution is 5.94. The number of methoxy groups -OCH3 is 1. The molecule has 5 nitrogen and oxygen atoms in total. The summed E-state index contributed by atoms with van der Waals surface area (Å²) in [5, 5.41) is 2.98. The predicted molar refractivity (Wildman–Crippen MR) is 64.6 cm³/mol. The molecule has 1 aliphatic carbocycles. The first-order chi connectivity index (χ1) is 8.20. The fraction of sp³-hybridized carbons (Fsp3) is 0.500. The van der Waals surface area contributed by atoms with E-state index in [2.05, 4.69) is 10.3 Å². The number of ether oxygens (including phenoxy) is 1. The number of carbonyl (C=O) groups excluding carboxylic acids is 1. The average Bonchev–Trinajstić information content (AvgIpc) is 2.76. The summed E-state index contributed by atoms with van der Waals surface area (Å²) in [7, 11) is 1.68. The van der Waals surface area contributed by atoms with Gasteiger partial charge in [-0.15, -0.1) is 0 Å². The fourth-order valence-corrected chi connectivity index (χ4v) is 2.21. The number of rotatable bonds is 3. The molecule has 2 unspecified atom stereocenters. The summed E-state index contributed by atoms with van der Waals surface area (Å²) < 4.78 is 5.33. The van der Waals surface area contributed by atoms with Crippen LogP contribution in [0.25, 0.3) is 0 Å². The van der Waals surface area contributed by atoms with E-state index in [4.69, 9.17) is 10.5 Å². The highest BCUT2D eigenvalue weighted by Crippen LogP contribution is 2.21. The van der Waals surface area contributed by atoms with Crippen LogP contribution in [-0.2, 0) is 4.74 Å². The van der Waals surface area contributed by atoms with Crippen molar-refractivity contribution in [1.29, 1.82) is 0 Å². The van der Waals surface area contributed by atoms with Crippen molar-refractivity contribution in [1.82, 2.24) is 10.3 Å². The molecule has 0 aliphatic heterocycles. The molecule has 0 saturated heterocycles. The standard InChI is InChI=1S/C12H17N3O2/c1-17-10-4-2-3-9(10)15-12(16)8-5-6-14-11(13)7-8/h5-7,9-10H,2-4H2,1H3,(H2,13,14)(H,15,16). The summed E-state index contributed by atoms with van der Waals surface area (Å²) in [5.41, 5.74) is 6.08. The Hall–Kier alpha value is -1.62. The maximum Gasteiger partial charge on any atom is 0.251 e. The minimum absolute atomic E-state index is 0.0990. The van der Waals surface area contributed by atoms with Gasteiger partial charge in [0.1, 0.15) is 5.82 Å². The lowest BCUT2D eigenvalue weighted by Gasteiger charge is -2.19. The Kier molecular flexibility index (Phi) is 3.58. The summed E-state index contributed by atoms with van der Waals surface area (Å²) in [6.45, 7) is 0. The van der Waals surface area contributed by atoms with Crippen LogP contribution in [-0.4, -0.2) is 30.1 Å². The third kappa shape index (κ3) is 2.74. The molecule has 17 heavy (non-hydrogen) atoms. The molecule has 92 valence electrons. The van der Waals surface area contributed by atoms with E-state index in [1.54, 1.807) is 19.2 Å². The van der Waals surface area contributed by atoms with Gasteiger partial charge in [-0.1, -0.05) is 0 Å². The minimum atomic E-state index is -0.118. The van der Waals surface area contributed by atoms with E-state index < -0.39 is 0 Å². The van der Waals surface area contributed by atoms with Gasteiger partial charge in [0.15, 0.2) is 0 Å². The molecule has 1 heterocycles. The van der Waals surface area contributed by atoms with Gasteiger partial charge in [0, 0.05) is 18.9 Å². The van der Waals surface area contributed by atoms with Crippen LogP contribution < -0.4 is 11.1 Å². The van der Waals surface area contributed by atoms with E-state index in [0.29, 0.717) is 11.4 Å². The molecule has 3 N–H and O–H groups in total. The molecular formula is C12H17N3O2. The van der Waals surface area contributed by atoms with E-state index in [0.717, 1.165) is 19.3 Å². The SMILES string of the molecule is COC1CCCC1NC(=O)c1ccnc(N)c1. The molecule has 1 aliphatic rings. The van der Waals surface area contributed by atoms with Crippen LogP contribution >= 0.6 is 0 Å². The summed E-state index contributed by atoms with van der Waals surface area (Å²) in [5.74, 6) is 0.236. The Bertz CT molecular complexity index is 408. The summed E-state index contributed by atoms with van der Waals surface area (Å²) in [6.07, 6.45) is 4.71. The first-order valence-electron chi connectivity index (χ1n) is 5.76. The number of carbonyl (C=O) groups is 1. The highest BCUT2D eigenvalue weighted by atomic mass is 16.5. The molecule has 0 radical (unpaired) electrons.